The second-order valence-electron chi connectivity index (χ2n) is 3.76. The number of nitrogens with one attached hydrogen (secondary N) is 1. The summed E-state index contributed by atoms with van der Waals surface area (Å²) in [6.07, 6.45) is 6.97. The molecule has 0 amide bonds. The largest absolute Gasteiger partial charge is 0.354 e. The van der Waals surface area contributed by atoms with Crippen LogP contribution in [0.15, 0.2) is 17.8 Å². The monoisotopic (exact) mass is 217 g/mol. The molecular formula is C11H11N3S. The van der Waals surface area contributed by atoms with E-state index in [4.69, 9.17) is 6.42 Å². The van der Waals surface area contributed by atoms with E-state index in [2.05, 4.69) is 21.2 Å². The Morgan fingerprint density at radius 1 is 1.47 bits per heavy atom. The topological polar surface area (TPSA) is 37.8 Å². The summed E-state index contributed by atoms with van der Waals surface area (Å²) < 4.78 is 0. The first-order valence-electron chi connectivity index (χ1n) is 4.56. The van der Waals surface area contributed by atoms with E-state index in [9.17, 15) is 0 Å². The molecule has 1 N–H and O–H groups in total. The fraction of sp³-hybridized carbons (Fsp3) is 0.273. The molecule has 0 aliphatic rings. The lowest BCUT2D eigenvalue weighted by molar-refractivity contribution is 0.737. The molecule has 2 aromatic heterocycles. The van der Waals surface area contributed by atoms with E-state index in [0.717, 1.165) is 16.0 Å². The molecule has 0 atom stereocenters. The number of anilines is 1. The van der Waals surface area contributed by atoms with Gasteiger partial charge in [-0.1, -0.05) is 5.92 Å². The van der Waals surface area contributed by atoms with Gasteiger partial charge in [0.1, 0.15) is 17.0 Å². The van der Waals surface area contributed by atoms with Crippen molar-refractivity contribution < 1.29 is 0 Å². The van der Waals surface area contributed by atoms with E-state index in [1.807, 2.05) is 25.3 Å². The van der Waals surface area contributed by atoms with Crippen LogP contribution in [0.25, 0.3) is 10.2 Å². The number of terminal acetylenes is 1. The summed E-state index contributed by atoms with van der Waals surface area (Å²) in [6.45, 7) is 3.88. The molecular weight excluding hydrogens is 206 g/mol. The lowest BCUT2D eigenvalue weighted by atomic mass is 10.1. The van der Waals surface area contributed by atoms with Gasteiger partial charge in [-0.2, -0.15) is 0 Å². The molecule has 0 saturated carbocycles. The fourth-order valence-electron chi connectivity index (χ4n) is 1.22. The summed E-state index contributed by atoms with van der Waals surface area (Å²) >= 11 is 1.59. The van der Waals surface area contributed by atoms with Crippen LogP contribution in [0.4, 0.5) is 5.82 Å². The van der Waals surface area contributed by atoms with Crippen molar-refractivity contribution in [1.29, 1.82) is 0 Å². The first-order chi connectivity index (χ1) is 7.12. The number of thiophene rings is 1. The molecule has 4 heteroatoms. The van der Waals surface area contributed by atoms with E-state index in [1.165, 1.54) is 0 Å². The zero-order valence-corrected chi connectivity index (χ0v) is 9.43. The standard InChI is InChI=1S/C11H11N3S/c1-4-11(2,3)14-9-8-5-6-15-10(8)13-7-12-9/h1,5-7H,2-3H3,(H,12,13,14). The number of nitrogens with zero attached hydrogens (tertiary/aromatic N) is 2. The van der Waals surface area contributed by atoms with Gasteiger partial charge < -0.3 is 5.32 Å². The molecule has 0 unspecified atom stereocenters. The molecule has 0 spiro atoms. The van der Waals surface area contributed by atoms with Crippen LogP contribution in [0, 0.1) is 12.3 Å². The Balaban J connectivity index is 2.45. The maximum absolute atomic E-state index is 5.42. The van der Waals surface area contributed by atoms with Gasteiger partial charge in [0.05, 0.1) is 10.9 Å². The van der Waals surface area contributed by atoms with E-state index in [-0.39, 0.29) is 0 Å². The minimum absolute atomic E-state index is 0.400. The highest BCUT2D eigenvalue weighted by Crippen LogP contribution is 2.25. The quantitative estimate of drug-likeness (QED) is 0.785. The summed E-state index contributed by atoms with van der Waals surface area (Å²) in [6, 6.07) is 1.99. The molecule has 0 aromatic carbocycles. The van der Waals surface area contributed by atoms with Crippen LogP contribution in [-0.4, -0.2) is 15.5 Å². The minimum Gasteiger partial charge on any atom is -0.354 e. The van der Waals surface area contributed by atoms with Crippen LogP contribution in [0.2, 0.25) is 0 Å². The number of rotatable bonds is 2. The molecule has 0 aliphatic carbocycles. The number of aromatic nitrogens is 2. The SMILES string of the molecule is C#CC(C)(C)Nc1ncnc2sccc12. The van der Waals surface area contributed by atoms with Crippen molar-refractivity contribution in [1.82, 2.24) is 9.97 Å². The summed E-state index contributed by atoms with van der Waals surface area (Å²) in [4.78, 5) is 9.35. The highest BCUT2D eigenvalue weighted by atomic mass is 32.1. The molecule has 0 saturated heterocycles. The van der Waals surface area contributed by atoms with Gasteiger partial charge in [-0.3, -0.25) is 0 Å². The maximum Gasteiger partial charge on any atom is 0.139 e. The second-order valence-corrected chi connectivity index (χ2v) is 4.65. The Kier molecular flexibility index (Phi) is 2.33. The summed E-state index contributed by atoms with van der Waals surface area (Å²) in [5, 5.41) is 6.23. The van der Waals surface area contributed by atoms with E-state index in [0.29, 0.717) is 0 Å². The Labute approximate surface area is 92.6 Å². The third kappa shape index (κ3) is 1.92. The first-order valence-corrected chi connectivity index (χ1v) is 5.44. The van der Waals surface area contributed by atoms with Crippen molar-refractivity contribution in [2.75, 3.05) is 5.32 Å². The lowest BCUT2D eigenvalue weighted by Gasteiger charge is -2.20. The fourth-order valence-corrected chi connectivity index (χ4v) is 1.95. The van der Waals surface area contributed by atoms with Gasteiger partial charge in [0.25, 0.3) is 0 Å². The average molecular weight is 217 g/mol. The minimum atomic E-state index is -0.400. The zero-order chi connectivity index (χ0) is 10.9. The summed E-state index contributed by atoms with van der Waals surface area (Å²) in [5.74, 6) is 3.47. The smallest absolute Gasteiger partial charge is 0.139 e. The van der Waals surface area contributed by atoms with Gasteiger partial charge in [-0.25, -0.2) is 9.97 Å². The second kappa shape index (κ2) is 3.52. The van der Waals surface area contributed by atoms with Gasteiger partial charge >= 0.3 is 0 Å². The molecule has 2 rings (SSSR count). The lowest BCUT2D eigenvalue weighted by Crippen LogP contribution is -2.29. The van der Waals surface area contributed by atoms with Crippen LogP contribution >= 0.6 is 11.3 Å². The maximum atomic E-state index is 5.42. The number of hydrogen-bond acceptors (Lipinski definition) is 4. The van der Waals surface area contributed by atoms with Gasteiger partial charge in [0.15, 0.2) is 0 Å². The Bertz CT molecular complexity index is 522. The van der Waals surface area contributed by atoms with E-state index in [1.54, 1.807) is 17.7 Å². The highest BCUT2D eigenvalue weighted by molar-refractivity contribution is 7.16. The van der Waals surface area contributed by atoms with Crippen molar-refractivity contribution in [3.05, 3.63) is 17.8 Å². The number of hydrogen-bond donors (Lipinski definition) is 1. The van der Waals surface area contributed by atoms with Crippen LogP contribution in [0.1, 0.15) is 13.8 Å². The molecule has 0 aliphatic heterocycles. The highest BCUT2D eigenvalue weighted by Gasteiger charge is 2.15. The van der Waals surface area contributed by atoms with Crippen molar-refractivity contribution in [3.8, 4) is 12.3 Å². The van der Waals surface area contributed by atoms with Gasteiger partial charge in [0.2, 0.25) is 0 Å². The molecule has 0 radical (unpaired) electrons. The molecule has 15 heavy (non-hydrogen) atoms. The summed E-state index contributed by atoms with van der Waals surface area (Å²) in [5.41, 5.74) is -0.400. The van der Waals surface area contributed by atoms with Crippen molar-refractivity contribution in [3.63, 3.8) is 0 Å². The van der Waals surface area contributed by atoms with Crippen LogP contribution < -0.4 is 5.32 Å². The van der Waals surface area contributed by atoms with Gasteiger partial charge in [0, 0.05) is 0 Å². The Hall–Kier alpha value is -1.60. The average Bonchev–Trinajstić information content (AvgIpc) is 2.66. The molecule has 0 bridgehead atoms. The van der Waals surface area contributed by atoms with Crippen molar-refractivity contribution in [2.24, 2.45) is 0 Å². The molecule has 76 valence electrons. The molecule has 0 fully saturated rings. The zero-order valence-electron chi connectivity index (χ0n) is 8.61. The predicted octanol–water partition coefficient (Wildman–Crippen LogP) is 2.52. The normalized spacial score (nSPS) is 11.3. The predicted molar refractivity (Wildman–Crippen MR) is 63.9 cm³/mol. The Morgan fingerprint density at radius 3 is 3.00 bits per heavy atom. The third-order valence-corrected chi connectivity index (χ3v) is 2.87. The van der Waals surface area contributed by atoms with Crippen molar-refractivity contribution in [2.45, 2.75) is 19.4 Å². The molecule has 2 heterocycles. The van der Waals surface area contributed by atoms with Gasteiger partial charge in [-0.15, -0.1) is 17.8 Å². The summed E-state index contributed by atoms with van der Waals surface area (Å²) in [7, 11) is 0. The Morgan fingerprint density at radius 2 is 2.27 bits per heavy atom. The van der Waals surface area contributed by atoms with Crippen LogP contribution in [0.3, 0.4) is 0 Å². The third-order valence-electron chi connectivity index (χ3n) is 2.05. The van der Waals surface area contributed by atoms with E-state index >= 15 is 0 Å². The van der Waals surface area contributed by atoms with Crippen molar-refractivity contribution >= 4 is 27.4 Å². The van der Waals surface area contributed by atoms with Gasteiger partial charge in [-0.05, 0) is 25.3 Å². The molecule has 2 aromatic rings. The van der Waals surface area contributed by atoms with Crippen LogP contribution in [0.5, 0.6) is 0 Å². The van der Waals surface area contributed by atoms with Crippen LogP contribution in [-0.2, 0) is 0 Å². The first kappa shape index (κ1) is 9.94. The number of fused-ring (bicyclic) bond motifs is 1. The molecule has 3 nitrogen and oxygen atoms in total. The van der Waals surface area contributed by atoms with E-state index < -0.39 is 5.54 Å².